The third-order valence-corrected chi connectivity index (χ3v) is 5.92. The summed E-state index contributed by atoms with van der Waals surface area (Å²) in [6.45, 7) is 3.94. The molecule has 3 saturated heterocycles. The van der Waals surface area contributed by atoms with E-state index in [9.17, 15) is 9.90 Å². The first kappa shape index (κ1) is 16.9. The zero-order valence-corrected chi connectivity index (χ0v) is 14.8. The van der Waals surface area contributed by atoms with Gasteiger partial charge in [0.25, 0.3) is 0 Å². The fourth-order valence-corrected chi connectivity index (χ4v) is 4.91. The highest BCUT2D eigenvalue weighted by molar-refractivity contribution is 5.69. The molecule has 0 radical (unpaired) electrons. The summed E-state index contributed by atoms with van der Waals surface area (Å²) < 4.78 is 10.9. The molecule has 3 aliphatic heterocycles. The number of fused-ring (bicyclic) bond motifs is 2. The second-order valence-corrected chi connectivity index (χ2v) is 8.45. The van der Waals surface area contributed by atoms with Crippen molar-refractivity contribution < 1.29 is 19.4 Å². The summed E-state index contributed by atoms with van der Waals surface area (Å²) in [5, 5.41) is 11.1. The van der Waals surface area contributed by atoms with Crippen molar-refractivity contribution in [2.45, 2.75) is 63.3 Å². The molecule has 2 bridgehead atoms. The van der Waals surface area contributed by atoms with Crippen LogP contribution in [0.2, 0.25) is 0 Å². The van der Waals surface area contributed by atoms with E-state index in [2.05, 4.69) is 6.92 Å². The molecule has 0 aromatic heterocycles. The smallest absolute Gasteiger partial charge is 0.410 e. The van der Waals surface area contributed by atoms with E-state index >= 15 is 0 Å². The van der Waals surface area contributed by atoms with E-state index in [1.54, 1.807) is 0 Å². The highest BCUT2D eigenvalue weighted by atomic mass is 16.6. The van der Waals surface area contributed by atoms with Gasteiger partial charge in [0.15, 0.2) is 0 Å². The number of hydrogen-bond acceptors (Lipinski definition) is 4. The van der Waals surface area contributed by atoms with Gasteiger partial charge in [-0.1, -0.05) is 37.3 Å². The highest BCUT2D eigenvalue weighted by Crippen LogP contribution is 2.47. The maximum Gasteiger partial charge on any atom is 0.410 e. The number of carbonyl (C=O) groups excluding carboxylic acids is 1. The van der Waals surface area contributed by atoms with Crippen LogP contribution in [-0.2, 0) is 16.1 Å². The van der Waals surface area contributed by atoms with Gasteiger partial charge in [0.05, 0.1) is 18.8 Å². The van der Waals surface area contributed by atoms with Gasteiger partial charge in [-0.25, -0.2) is 4.79 Å². The summed E-state index contributed by atoms with van der Waals surface area (Å²) in [5.74, 6) is 0. The average molecular weight is 345 g/mol. The Morgan fingerprint density at radius 1 is 1.24 bits per heavy atom. The second kappa shape index (κ2) is 6.29. The maximum absolute atomic E-state index is 12.6. The minimum Gasteiger partial charge on any atom is -0.445 e. The summed E-state index contributed by atoms with van der Waals surface area (Å²) >= 11 is 0. The van der Waals surface area contributed by atoms with Crippen LogP contribution in [0.3, 0.4) is 0 Å². The number of nitrogens with zero attached hydrogens (tertiary/aromatic N) is 1. The van der Waals surface area contributed by atoms with Gasteiger partial charge in [0.2, 0.25) is 0 Å². The summed E-state index contributed by atoms with van der Waals surface area (Å²) in [6, 6.07) is 9.94. The molecule has 4 rings (SSSR count). The molecule has 3 heterocycles. The average Bonchev–Trinajstić information content (AvgIpc) is 2.85. The molecule has 3 aliphatic rings. The fourth-order valence-electron chi connectivity index (χ4n) is 4.91. The molecule has 1 aromatic rings. The van der Waals surface area contributed by atoms with Crippen LogP contribution in [0.5, 0.6) is 0 Å². The molecular weight excluding hydrogens is 318 g/mol. The van der Waals surface area contributed by atoms with Crippen LogP contribution in [0.4, 0.5) is 4.79 Å². The molecule has 5 heteroatoms. The van der Waals surface area contributed by atoms with Gasteiger partial charge in [-0.05, 0) is 37.7 Å². The molecule has 0 saturated carbocycles. The zero-order chi connectivity index (χ0) is 17.5. The zero-order valence-electron chi connectivity index (χ0n) is 14.8. The molecule has 0 aliphatic carbocycles. The lowest BCUT2D eigenvalue weighted by Crippen LogP contribution is -2.56. The minimum atomic E-state index is -0.680. The number of aliphatic hydroxyl groups is 1. The molecule has 1 aromatic carbocycles. The monoisotopic (exact) mass is 345 g/mol. The quantitative estimate of drug-likeness (QED) is 0.911. The normalized spacial score (nSPS) is 33.0. The third-order valence-electron chi connectivity index (χ3n) is 5.92. The Hall–Kier alpha value is -1.59. The lowest BCUT2D eigenvalue weighted by Gasteiger charge is -2.49. The summed E-state index contributed by atoms with van der Waals surface area (Å²) in [7, 11) is 0. The SMILES string of the molecule is CC1(CC2(O)CC3CCC(C2)N3C(=O)OCc2ccccc2)COC1. The van der Waals surface area contributed by atoms with Gasteiger partial charge in [-0.2, -0.15) is 0 Å². The van der Waals surface area contributed by atoms with Crippen LogP contribution in [-0.4, -0.2) is 47.0 Å². The lowest BCUT2D eigenvalue weighted by atomic mass is 9.72. The Kier molecular flexibility index (Phi) is 4.24. The number of ether oxygens (including phenoxy) is 2. The van der Waals surface area contributed by atoms with Gasteiger partial charge in [0, 0.05) is 17.5 Å². The Morgan fingerprint density at radius 3 is 2.44 bits per heavy atom. The van der Waals surface area contributed by atoms with Gasteiger partial charge < -0.3 is 19.5 Å². The van der Waals surface area contributed by atoms with E-state index in [0.29, 0.717) is 19.4 Å². The van der Waals surface area contributed by atoms with Crippen LogP contribution in [0.1, 0.15) is 44.6 Å². The van der Waals surface area contributed by atoms with Crippen molar-refractivity contribution in [1.29, 1.82) is 0 Å². The molecule has 2 atom stereocenters. The number of amides is 1. The van der Waals surface area contributed by atoms with Crippen molar-refractivity contribution in [3.05, 3.63) is 35.9 Å². The maximum atomic E-state index is 12.6. The van der Waals surface area contributed by atoms with E-state index in [1.807, 2.05) is 35.2 Å². The lowest BCUT2D eigenvalue weighted by molar-refractivity contribution is -0.156. The molecule has 5 nitrogen and oxygen atoms in total. The summed E-state index contributed by atoms with van der Waals surface area (Å²) in [5.41, 5.74) is 0.403. The minimum absolute atomic E-state index is 0.0875. The van der Waals surface area contributed by atoms with Crippen molar-refractivity contribution in [1.82, 2.24) is 4.90 Å². The predicted molar refractivity (Wildman–Crippen MR) is 93.0 cm³/mol. The summed E-state index contributed by atoms with van der Waals surface area (Å²) in [6.07, 6.45) is 3.75. The molecule has 0 spiro atoms. The van der Waals surface area contributed by atoms with Crippen molar-refractivity contribution >= 4 is 6.09 Å². The van der Waals surface area contributed by atoms with Crippen molar-refractivity contribution in [2.75, 3.05) is 13.2 Å². The number of carbonyl (C=O) groups is 1. The van der Waals surface area contributed by atoms with Crippen LogP contribution < -0.4 is 0 Å². The Bertz CT molecular complexity index is 614. The Labute approximate surface area is 148 Å². The number of hydrogen-bond donors (Lipinski definition) is 1. The van der Waals surface area contributed by atoms with Gasteiger partial charge in [-0.3, -0.25) is 0 Å². The number of rotatable bonds is 4. The highest BCUT2D eigenvalue weighted by Gasteiger charge is 2.52. The Morgan fingerprint density at radius 2 is 1.88 bits per heavy atom. The molecular formula is C20H27NO4. The van der Waals surface area contributed by atoms with E-state index in [4.69, 9.17) is 9.47 Å². The molecule has 2 unspecified atom stereocenters. The number of piperidine rings is 1. The molecule has 136 valence electrons. The van der Waals surface area contributed by atoms with Crippen LogP contribution in [0, 0.1) is 5.41 Å². The third kappa shape index (κ3) is 3.40. The first-order valence-corrected chi connectivity index (χ1v) is 9.26. The van der Waals surface area contributed by atoms with E-state index < -0.39 is 5.60 Å². The van der Waals surface area contributed by atoms with Gasteiger partial charge in [0.1, 0.15) is 6.61 Å². The predicted octanol–water partition coefficient (Wildman–Crippen LogP) is 3.11. The van der Waals surface area contributed by atoms with Crippen molar-refractivity contribution in [2.24, 2.45) is 5.41 Å². The van der Waals surface area contributed by atoms with Gasteiger partial charge in [-0.15, -0.1) is 0 Å². The van der Waals surface area contributed by atoms with Crippen LogP contribution in [0.15, 0.2) is 30.3 Å². The van der Waals surface area contributed by atoms with Crippen LogP contribution in [0.25, 0.3) is 0 Å². The largest absolute Gasteiger partial charge is 0.445 e. The second-order valence-electron chi connectivity index (χ2n) is 8.45. The topological polar surface area (TPSA) is 59.0 Å². The van der Waals surface area contributed by atoms with E-state index in [0.717, 1.165) is 38.0 Å². The summed E-state index contributed by atoms with van der Waals surface area (Å²) in [4.78, 5) is 14.5. The fraction of sp³-hybridized carbons (Fsp3) is 0.650. The van der Waals surface area contributed by atoms with E-state index in [1.165, 1.54) is 0 Å². The van der Waals surface area contributed by atoms with E-state index in [-0.39, 0.29) is 23.6 Å². The Balaban J connectivity index is 1.37. The van der Waals surface area contributed by atoms with Crippen molar-refractivity contribution in [3.8, 4) is 0 Å². The molecule has 1 N–H and O–H groups in total. The molecule has 25 heavy (non-hydrogen) atoms. The van der Waals surface area contributed by atoms with Gasteiger partial charge >= 0.3 is 6.09 Å². The van der Waals surface area contributed by atoms with Crippen LogP contribution >= 0.6 is 0 Å². The standard InChI is InChI=1S/C20H27NO4/c1-19(13-24-14-19)12-20(23)9-16-7-8-17(10-20)21(16)18(22)25-11-15-5-3-2-4-6-15/h2-6,16-17,23H,7-14H2,1H3. The molecule has 3 fully saturated rings. The van der Waals surface area contributed by atoms with Crippen molar-refractivity contribution in [3.63, 3.8) is 0 Å². The number of benzene rings is 1. The first-order valence-electron chi connectivity index (χ1n) is 9.26. The molecule has 1 amide bonds. The first-order chi connectivity index (χ1) is 12.0.